The summed E-state index contributed by atoms with van der Waals surface area (Å²) in [6.45, 7) is 0. The zero-order valence-electron chi connectivity index (χ0n) is 10.4. The molecule has 3 aromatic carbocycles. The third-order valence-corrected chi connectivity index (χ3v) is 3.33. The number of rotatable bonds is 2. The first-order valence-corrected chi connectivity index (χ1v) is 6.62. The second kappa shape index (κ2) is 5.29. The van der Waals surface area contributed by atoms with Gasteiger partial charge in [-0.2, -0.15) is 0 Å². The van der Waals surface area contributed by atoms with Crippen LogP contribution in [0.1, 0.15) is 0 Å². The van der Waals surface area contributed by atoms with Crippen molar-refractivity contribution in [3.63, 3.8) is 0 Å². The highest BCUT2D eigenvalue weighted by molar-refractivity contribution is 6.31. The molecule has 0 saturated heterocycles. The Morgan fingerprint density at radius 3 is 1.32 bits per heavy atom. The largest absolute Gasteiger partial charge is 0.0843 e. The van der Waals surface area contributed by atoms with Crippen LogP contribution in [0, 0.1) is 0 Å². The van der Waals surface area contributed by atoms with E-state index in [1.807, 2.05) is 48.5 Å². The first kappa shape index (κ1) is 12.0. The van der Waals surface area contributed by atoms with Gasteiger partial charge in [0.15, 0.2) is 0 Å². The first-order valence-electron chi connectivity index (χ1n) is 6.24. The summed E-state index contributed by atoms with van der Waals surface area (Å²) in [7, 11) is 0. The molecule has 0 aromatic heterocycles. The number of hydrogen-bond donors (Lipinski definition) is 0. The van der Waals surface area contributed by atoms with Gasteiger partial charge in [-0.3, -0.25) is 0 Å². The summed E-state index contributed by atoms with van der Waals surface area (Å²) in [6.07, 6.45) is 0. The highest BCUT2D eigenvalue weighted by Crippen LogP contribution is 2.30. The molecule has 0 fully saturated rings. The molecule has 0 spiro atoms. The topological polar surface area (TPSA) is 0 Å². The number of benzene rings is 3. The van der Waals surface area contributed by atoms with Crippen molar-refractivity contribution >= 4 is 11.6 Å². The fourth-order valence-corrected chi connectivity index (χ4v) is 2.42. The molecule has 0 nitrogen and oxygen atoms in total. The van der Waals surface area contributed by atoms with E-state index < -0.39 is 0 Å². The van der Waals surface area contributed by atoms with Crippen LogP contribution in [0.25, 0.3) is 22.3 Å². The molecule has 0 saturated carbocycles. The molecule has 0 atom stereocenters. The summed E-state index contributed by atoms with van der Waals surface area (Å²) in [5.41, 5.74) is 4.66. The predicted octanol–water partition coefficient (Wildman–Crippen LogP) is 5.67. The van der Waals surface area contributed by atoms with Gasteiger partial charge in [0.05, 0.1) is 0 Å². The lowest BCUT2D eigenvalue weighted by Crippen LogP contribution is -1.82. The van der Waals surface area contributed by atoms with Crippen LogP contribution in [0.5, 0.6) is 0 Å². The standard InChI is InChI=1S/C18H13Cl/c19-18-12-16(14-7-3-1-4-8-14)11-17(13-18)15-9-5-2-6-10-15/h1-13H. The molecule has 3 aromatic rings. The lowest BCUT2D eigenvalue weighted by atomic mass is 9.99. The first-order chi connectivity index (χ1) is 9.33. The molecule has 92 valence electrons. The average Bonchev–Trinajstić information content (AvgIpc) is 2.48. The Bertz CT molecular complexity index is 615. The maximum absolute atomic E-state index is 6.25. The SMILES string of the molecule is Clc1cc(-c2ccccc2)cc(-c2ccccc2)c1. The van der Waals surface area contributed by atoms with Crippen molar-refractivity contribution in [3.05, 3.63) is 83.9 Å². The van der Waals surface area contributed by atoms with Crippen molar-refractivity contribution in [2.45, 2.75) is 0 Å². The molecule has 1 heteroatoms. The molecular weight excluding hydrogens is 252 g/mol. The molecule has 0 aliphatic heterocycles. The predicted molar refractivity (Wildman–Crippen MR) is 82.3 cm³/mol. The molecule has 0 unspecified atom stereocenters. The van der Waals surface area contributed by atoms with Crippen molar-refractivity contribution in [1.29, 1.82) is 0 Å². The van der Waals surface area contributed by atoms with Crippen LogP contribution in [0.3, 0.4) is 0 Å². The van der Waals surface area contributed by atoms with Crippen molar-refractivity contribution in [2.24, 2.45) is 0 Å². The monoisotopic (exact) mass is 264 g/mol. The van der Waals surface area contributed by atoms with Crippen molar-refractivity contribution in [2.75, 3.05) is 0 Å². The quantitative estimate of drug-likeness (QED) is 0.559. The molecule has 19 heavy (non-hydrogen) atoms. The van der Waals surface area contributed by atoms with Gasteiger partial charge in [0, 0.05) is 5.02 Å². The summed E-state index contributed by atoms with van der Waals surface area (Å²) >= 11 is 6.25. The highest BCUT2D eigenvalue weighted by Gasteiger charge is 2.03. The summed E-state index contributed by atoms with van der Waals surface area (Å²) in [5.74, 6) is 0. The summed E-state index contributed by atoms with van der Waals surface area (Å²) < 4.78 is 0. The maximum atomic E-state index is 6.25. The average molecular weight is 265 g/mol. The van der Waals surface area contributed by atoms with Crippen LogP contribution >= 0.6 is 11.6 Å². The Balaban J connectivity index is 2.12. The molecule has 3 rings (SSSR count). The van der Waals surface area contributed by atoms with Crippen LogP contribution in [-0.4, -0.2) is 0 Å². The smallest absolute Gasteiger partial charge is 0.0418 e. The zero-order valence-corrected chi connectivity index (χ0v) is 11.1. The lowest BCUT2D eigenvalue weighted by molar-refractivity contribution is 1.59. The molecule has 0 radical (unpaired) electrons. The van der Waals surface area contributed by atoms with Crippen LogP contribution < -0.4 is 0 Å². The van der Waals surface area contributed by atoms with Crippen LogP contribution in [0.2, 0.25) is 5.02 Å². The van der Waals surface area contributed by atoms with Gasteiger partial charge in [-0.05, 0) is 40.5 Å². The number of halogens is 1. The van der Waals surface area contributed by atoms with Crippen molar-refractivity contribution in [3.8, 4) is 22.3 Å². The van der Waals surface area contributed by atoms with Gasteiger partial charge in [0.2, 0.25) is 0 Å². The van der Waals surface area contributed by atoms with Gasteiger partial charge >= 0.3 is 0 Å². The van der Waals surface area contributed by atoms with Gasteiger partial charge < -0.3 is 0 Å². The Labute approximate surface area is 118 Å². The van der Waals surface area contributed by atoms with E-state index in [9.17, 15) is 0 Å². The van der Waals surface area contributed by atoms with E-state index >= 15 is 0 Å². The third-order valence-electron chi connectivity index (χ3n) is 3.11. The second-order valence-electron chi connectivity index (χ2n) is 4.46. The summed E-state index contributed by atoms with van der Waals surface area (Å²) in [6, 6.07) is 26.8. The third kappa shape index (κ3) is 2.69. The maximum Gasteiger partial charge on any atom is 0.0418 e. The fraction of sp³-hybridized carbons (Fsp3) is 0. The molecule has 0 amide bonds. The molecule has 0 heterocycles. The van der Waals surface area contributed by atoms with Gasteiger partial charge in [0.1, 0.15) is 0 Å². The van der Waals surface area contributed by atoms with E-state index in [-0.39, 0.29) is 0 Å². The minimum Gasteiger partial charge on any atom is -0.0843 e. The van der Waals surface area contributed by atoms with Gasteiger partial charge in [0.25, 0.3) is 0 Å². The summed E-state index contributed by atoms with van der Waals surface area (Å²) in [5, 5.41) is 0.764. The minimum absolute atomic E-state index is 0.764. The minimum atomic E-state index is 0.764. The van der Waals surface area contributed by atoms with Gasteiger partial charge in [-0.25, -0.2) is 0 Å². The molecule has 0 aliphatic rings. The number of hydrogen-bond acceptors (Lipinski definition) is 0. The van der Waals surface area contributed by atoms with E-state index in [1.54, 1.807) is 0 Å². The molecular formula is C18H13Cl. The normalized spacial score (nSPS) is 10.4. The summed E-state index contributed by atoms with van der Waals surface area (Å²) in [4.78, 5) is 0. The van der Waals surface area contributed by atoms with Crippen LogP contribution in [0.4, 0.5) is 0 Å². The zero-order chi connectivity index (χ0) is 13.1. The molecule has 0 bridgehead atoms. The van der Waals surface area contributed by atoms with Crippen molar-refractivity contribution in [1.82, 2.24) is 0 Å². The lowest BCUT2D eigenvalue weighted by Gasteiger charge is -2.07. The van der Waals surface area contributed by atoms with E-state index in [0.717, 1.165) is 16.1 Å². The Morgan fingerprint density at radius 1 is 0.474 bits per heavy atom. The Kier molecular flexibility index (Phi) is 3.35. The van der Waals surface area contributed by atoms with E-state index in [4.69, 9.17) is 11.6 Å². The Morgan fingerprint density at radius 2 is 0.895 bits per heavy atom. The Hall–Kier alpha value is -2.05. The second-order valence-corrected chi connectivity index (χ2v) is 4.90. The highest BCUT2D eigenvalue weighted by atomic mass is 35.5. The van der Waals surface area contributed by atoms with E-state index in [0.29, 0.717) is 0 Å². The van der Waals surface area contributed by atoms with E-state index in [2.05, 4.69) is 30.3 Å². The van der Waals surface area contributed by atoms with Gasteiger partial charge in [-0.1, -0.05) is 72.3 Å². The van der Waals surface area contributed by atoms with Crippen molar-refractivity contribution < 1.29 is 0 Å². The van der Waals surface area contributed by atoms with E-state index in [1.165, 1.54) is 11.1 Å². The van der Waals surface area contributed by atoms with Crippen LogP contribution in [0.15, 0.2) is 78.9 Å². The fourth-order valence-electron chi connectivity index (χ4n) is 2.18. The van der Waals surface area contributed by atoms with Crippen LogP contribution in [-0.2, 0) is 0 Å². The van der Waals surface area contributed by atoms with Gasteiger partial charge in [-0.15, -0.1) is 0 Å². The molecule has 0 aliphatic carbocycles. The molecule has 0 N–H and O–H groups in total.